The van der Waals surface area contributed by atoms with Crippen LogP contribution in [0.15, 0.2) is 71.8 Å². The summed E-state index contributed by atoms with van der Waals surface area (Å²) in [5, 5.41) is 2.86. The molecule has 2 N–H and O–H groups in total. The standard InChI is InChI=1S/C24H25N3O5S/c1-17-6-12-21(13-7-17)33(29,30)27-18-8-10-19(11-9-18)32-24-22(5-2-14-25-24)23(28)26-16-20-4-3-15-31-20/h2,5-14,20,27H,3-4,15-16H2,1H3,(H,26,28). The number of anilines is 1. The number of rotatable bonds is 8. The number of hydrogen-bond donors (Lipinski definition) is 2. The molecule has 1 fully saturated rings. The fourth-order valence-electron chi connectivity index (χ4n) is 3.39. The first-order valence-electron chi connectivity index (χ1n) is 10.6. The lowest BCUT2D eigenvalue weighted by Crippen LogP contribution is -2.32. The highest BCUT2D eigenvalue weighted by molar-refractivity contribution is 7.92. The van der Waals surface area contributed by atoms with Crippen molar-refractivity contribution >= 4 is 21.6 Å². The molecule has 2 aromatic carbocycles. The summed E-state index contributed by atoms with van der Waals surface area (Å²) in [7, 11) is -3.70. The molecule has 1 saturated heterocycles. The van der Waals surface area contributed by atoms with Gasteiger partial charge in [0.1, 0.15) is 11.3 Å². The molecule has 8 nitrogen and oxygen atoms in total. The molecule has 1 aliphatic heterocycles. The maximum atomic E-state index is 12.6. The number of sulfonamides is 1. The Bertz CT molecular complexity index is 1210. The number of aromatic nitrogens is 1. The average molecular weight is 468 g/mol. The summed E-state index contributed by atoms with van der Waals surface area (Å²) in [6, 6.07) is 16.3. The second-order valence-electron chi connectivity index (χ2n) is 7.75. The molecule has 4 rings (SSSR count). The van der Waals surface area contributed by atoms with Crippen molar-refractivity contribution in [2.75, 3.05) is 17.9 Å². The second kappa shape index (κ2) is 10.0. The lowest BCUT2D eigenvalue weighted by atomic mass is 10.2. The van der Waals surface area contributed by atoms with Crippen molar-refractivity contribution in [3.8, 4) is 11.6 Å². The third-order valence-electron chi connectivity index (χ3n) is 5.18. The van der Waals surface area contributed by atoms with Crippen molar-refractivity contribution in [3.63, 3.8) is 0 Å². The van der Waals surface area contributed by atoms with Gasteiger partial charge in [0.05, 0.1) is 11.0 Å². The Morgan fingerprint density at radius 1 is 1.12 bits per heavy atom. The number of carbonyl (C=O) groups excluding carboxylic acids is 1. The van der Waals surface area contributed by atoms with E-state index < -0.39 is 10.0 Å². The van der Waals surface area contributed by atoms with Crippen molar-refractivity contribution in [1.82, 2.24) is 10.3 Å². The van der Waals surface area contributed by atoms with Crippen LogP contribution in [0.3, 0.4) is 0 Å². The van der Waals surface area contributed by atoms with Crippen molar-refractivity contribution in [2.24, 2.45) is 0 Å². The van der Waals surface area contributed by atoms with Gasteiger partial charge in [-0.2, -0.15) is 0 Å². The molecule has 1 aromatic heterocycles. The Balaban J connectivity index is 1.42. The van der Waals surface area contributed by atoms with E-state index in [9.17, 15) is 13.2 Å². The maximum absolute atomic E-state index is 12.6. The molecule has 0 saturated carbocycles. The van der Waals surface area contributed by atoms with Crippen LogP contribution in [0, 0.1) is 6.92 Å². The van der Waals surface area contributed by atoms with Gasteiger partial charge < -0.3 is 14.8 Å². The van der Waals surface area contributed by atoms with Gasteiger partial charge >= 0.3 is 0 Å². The minimum atomic E-state index is -3.70. The lowest BCUT2D eigenvalue weighted by molar-refractivity contribution is 0.0855. The number of hydrogen-bond acceptors (Lipinski definition) is 6. The molecule has 172 valence electrons. The van der Waals surface area contributed by atoms with Gasteiger partial charge in [-0.05, 0) is 68.3 Å². The van der Waals surface area contributed by atoms with Crippen molar-refractivity contribution in [2.45, 2.75) is 30.8 Å². The van der Waals surface area contributed by atoms with Gasteiger partial charge in [0, 0.05) is 25.0 Å². The van der Waals surface area contributed by atoms with E-state index in [1.54, 1.807) is 60.7 Å². The van der Waals surface area contributed by atoms with Gasteiger partial charge in [0.25, 0.3) is 15.9 Å². The number of carbonyl (C=O) groups is 1. The number of benzene rings is 2. The molecular weight excluding hydrogens is 442 g/mol. The summed E-state index contributed by atoms with van der Waals surface area (Å²) < 4.78 is 39.0. The predicted octanol–water partition coefficient (Wildman–Crippen LogP) is 3.89. The number of nitrogens with one attached hydrogen (secondary N) is 2. The monoisotopic (exact) mass is 467 g/mol. The highest BCUT2D eigenvalue weighted by Crippen LogP contribution is 2.25. The SMILES string of the molecule is Cc1ccc(S(=O)(=O)Nc2ccc(Oc3ncccc3C(=O)NCC3CCCO3)cc2)cc1. The van der Waals surface area contributed by atoms with Crippen LogP contribution in [0.4, 0.5) is 5.69 Å². The van der Waals surface area contributed by atoms with Crippen LogP contribution in [0.5, 0.6) is 11.6 Å². The Hall–Kier alpha value is -3.43. The minimum Gasteiger partial charge on any atom is -0.438 e. The van der Waals surface area contributed by atoms with Crippen molar-refractivity contribution < 1.29 is 22.7 Å². The third-order valence-corrected chi connectivity index (χ3v) is 6.58. The fourth-order valence-corrected chi connectivity index (χ4v) is 4.44. The summed E-state index contributed by atoms with van der Waals surface area (Å²) >= 11 is 0. The van der Waals surface area contributed by atoms with Crippen LogP contribution in [-0.2, 0) is 14.8 Å². The molecule has 0 bridgehead atoms. The first-order valence-corrected chi connectivity index (χ1v) is 12.1. The third kappa shape index (κ3) is 5.88. The summed E-state index contributed by atoms with van der Waals surface area (Å²) in [5.74, 6) is 0.284. The number of aryl methyl sites for hydroxylation is 1. The smallest absolute Gasteiger partial charge is 0.261 e. The molecule has 1 atom stereocenters. The van der Waals surface area contributed by atoms with Crippen molar-refractivity contribution in [3.05, 3.63) is 78.0 Å². The molecule has 2 heterocycles. The maximum Gasteiger partial charge on any atom is 0.261 e. The number of ether oxygens (including phenoxy) is 2. The van der Waals surface area contributed by atoms with Gasteiger partial charge in [-0.1, -0.05) is 17.7 Å². The number of pyridine rings is 1. The van der Waals surface area contributed by atoms with E-state index in [4.69, 9.17) is 9.47 Å². The molecule has 1 aliphatic rings. The Morgan fingerprint density at radius 3 is 2.58 bits per heavy atom. The number of amides is 1. The van der Waals surface area contributed by atoms with Gasteiger partial charge in [0.2, 0.25) is 5.88 Å². The second-order valence-corrected chi connectivity index (χ2v) is 9.43. The zero-order valence-electron chi connectivity index (χ0n) is 18.2. The lowest BCUT2D eigenvalue weighted by Gasteiger charge is -2.13. The predicted molar refractivity (Wildman–Crippen MR) is 124 cm³/mol. The van der Waals surface area contributed by atoms with Crippen LogP contribution in [0.1, 0.15) is 28.8 Å². The van der Waals surface area contributed by atoms with Crippen LogP contribution >= 0.6 is 0 Å². The van der Waals surface area contributed by atoms with Gasteiger partial charge in [-0.25, -0.2) is 13.4 Å². The quantitative estimate of drug-likeness (QED) is 0.521. The largest absolute Gasteiger partial charge is 0.438 e. The van der Waals surface area contributed by atoms with E-state index in [1.807, 2.05) is 6.92 Å². The Labute approximate surface area is 193 Å². The molecule has 1 amide bonds. The Morgan fingerprint density at radius 2 is 1.88 bits per heavy atom. The van der Waals surface area contributed by atoms with Crippen molar-refractivity contribution in [1.29, 1.82) is 0 Å². The average Bonchev–Trinajstić information content (AvgIpc) is 3.33. The number of nitrogens with zero attached hydrogens (tertiary/aromatic N) is 1. The zero-order valence-corrected chi connectivity index (χ0v) is 19.0. The first kappa shape index (κ1) is 22.8. The first-order chi connectivity index (χ1) is 15.9. The van der Waals surface area contributed by atoms with E-state index in [0.717, 1.165) is 25.0 Å². The van der Waals surface area contributed by atoms with E-state index in [2.05, 4.69) is 15.0 Å². The van der Waals surface area contributed by atoms with Crippen LogP contribution < -0.4 is 14.8 Å². The van der Waals surface area contributed by atoms with E-state index in [1.165, 1.54) is 6.20 Å². The molecule has 9 heteroatoms. The van der Waals surface area contributed by atoms with Crippen LogP contribution in [0.25, 0.3) is 0 Å². The van der Waals surface area contributed by atoms with Gasteiger partial charge in [0.15, 0.2) is 0 Å². The fraction of sp³-hybridized carbons (Fsp3) is 0.250. The van der Waals surface area contributed by atoms with Crippen LogP contribution in [-0.4, -0.2) is 38.6 Å². The molecular formula is C24H25N3O5S. The van der Waals surface area contributed by atoms with Gasteiger partial charge in [-0.15, -0.1) is 0 Å². The van der Waals surface area contributed by atoms with E-state index in [-0.39, 0.29) is 22.8 Å². The van der Waals surface area contributed by atoms with Gasteiger partial charge in [-0.3, -0.25) is 9.52 Å². The topological polar surface area (TPSA) is 107 Å². The van der Waals surface area contributed by atoms with E-state index in [0.29, 0.717) is 23.5 Å². The normalized spacial score (nSPS) is 15.7. The van der Waals surface area contributed by atoms with E-state index >= 15 is 0 Å². The van der Waals surface area contributed by atoms with Crippen LogP contribution in [0.2, 0.25) is 0 Å². The highest BCUT2D eigenvalue weighted by Gasteiger charge is 2.19. The molecule has 33 heavy (non-hydrogen) atoms. The summed E-state index contributed by atoms with van der Waals surface area (Å²) in [6.07, 6.45) is 3.50. The summed E-state index contributed by atoms with van der Waals surface area (Å²) in [6.45, 7) is 3.05. The molecule has 0 radical (unpaired) electrons. The Kier molecular flexibility index (Phi) is 6.90. The minimum absolute atomic E-state index is 0.0335. The summed E-state index contributed by atoms with van der Waals surface area (Å²) in [5.41, 5.74) is 1.67. The molecule has 3 aromatic rings. The molecule has 1 unspecified atom stereocenters. The summed E-state index contributed by atoms with van der Waals surface area (Å²) in [4.78, 5) is 17.0. The highest BCUT2D eigenvalue weighted by atomic mass is 32.2. The zero-order chi connectivity index (χ0) is 23.3. The molecule has 0 aliphatic carbocycles. The molecule has 0 spiro atoms.